The van der Waals surface area contributed by atoms with Crippen LogP contribution in [0.3, 0.4) is 0 Å². The van der Waals surface area contributed by atoms with Crippen LogP contribution in [0.5, 0.6) is 0 Å². The highest BCUT2D eigenvalue weighted by Crippen LogP contribution is 2.28. The third-order valence-corrected chi connectivity index (χ3v) is 7.22. The molecule has 2 N–H and O–H groups in total. The maximum absolute atomic E-state index is 13.6. The van der Waals surface area contributed by atoms with Gasteiger partial charge in [-0.25, -0.2) is 18.5 Å². The van der Waals surface area contributed by atoms with Gasteiger partial charge in [0.05, 0.1) is 22.0 Å². The van der Waals surface area contributed by atoms with Crippen LogP contribution >= 0.6 is 0 Å². The first-order valence-electron chi connectivity index (χ1n) is 11.1. The van der Waals surface area contributed by atoms with Crippen LogP contribution in [-0.2, 0) is 10.0 Å². The number of nitrogens with two attached hydrogens (primary N) is 1. The molecule has 0 aliphatic carbocycles. The van der Waals surface area contributed by atoms with Gasteiger partial charge >= 0.3 is 0 Å². The first kappa shape index (κ1) is 23.8. The first-order valence-corrected chi connectivity index (χ1v) is 12.7. The van der Waals surface area contributed by atoms with Crippen molar-refractivity contribution >= 4 is 20.9 Å². The molecule has 0 amide bonds. The van der Waals surface area contributed by atoms with E-state index in [2.05, 4.69) is 10.2 Å². The Bertz CT molecular complexity index is 1540. The molecule has 0 aliphatic heterocycles. The Hall–Kier alpha value is -3.37. The average molecular weight is 481 g/mol. The number of hydrogen-bond donors (Lipinski definition) is 1. The Morgan fingerprint density at radius 3 is 2.26 bits per heavy atom. The number of pyridine rings is 2. The van der Waals surface area contributed by atoms with E-state index in [1.54, 1.807) is 36.8 Å². The van der Waals surface area contributed by atoms with Gasteiger partial charge in [0.1, 0.15) is 12.0 Å². The monoisotopic (exact) mass is 480 g/mol. The van der Waals surface area contributed by atoms with Gasteiger partial charge in [-0.15, -0.1) is 10.2 Å². The normalized spacial score (nSPS) is 13.2. The van der Waals surface area contributed by atoms with E-state index in [1.165, 1.54) is 6.92 Å². The zero-order valence-electron chi connectivity index (χ0n) is 19.8. The lowest BCUT2D eigenvalue weighted by Gasteiger charge is -2.18. The standard InChI is InChI=1S/C24H28N6O3S/c1-14(2)29-12-19(20-7-6-8-21(27-20)24-28-26-13-30(24)15(3)4)23(31)18-11-17(9-10-22(18)29)16(5)34(25,32)33/h6-16H,1-5H3,(H2,25,32,33). The van der Waals surface area contributed by atoms with Crippen molar-refractivity contribution in [3.63, 3.8) is 0 Å². The molecule has 3 heterocycles. The zero-order chi connectivity index (χ0) is 24.8. The summed E-state index contributed by atoms with van der Waals surface area (Å²) < 4.78 is 27.7. The zero-order valence-corrected chi connectivity index (χ0v) is 20.6. The van der Waals surface area contributed by atoms with E-state index in [9.17, 15) is 13.2 Å². The molecule has 0 fully saturated rings. The lowest BCUT2D eigenvalue weighted by Crippen LogP contribution is -2.20. The van der Waals surface area contributed by atoms with Crippen molar-refractivity contribution in [2.75, 3.05) is 0 Å². The highest BCUT2D eigenvalue weighted by atomic mass is 32.2. The van der Waals surface area contributed by atoms with Crippen LogP contribution in [0.15, 0.2) is 53.7 Å². The van der Waals surface area contributed by atoms with Gasteiger partial charge in [0.2, 0.25) is 10.0 Å². The van der Waals surface area contributed by atoms with E-state index in [1.807, 2.05) is 49.0 Å². The van der Waals surface area contributed by atoms with E-state index < -0.39 is 15.3 Å². The Balaban J connectivity index is 1.95. The van der Waals surface area contributed by atoms with Crippen molar-refractivity contribution in [1.29, 1.82) is 0 Å². The van der Waals surface area contributed by atoms with Crippen LogP contribution in [0.25, 0.3) is 33.7 Å². The molecule has 0 bridgehead atoms. The van der Waals surface area contributed by atoms with Crippen molar-refractivity contribution in [3.8, 4) is 22.8 Å². The third-order valence-electron chi connectivity index (χ3n) is 5.96. The van der Waals surface area contributed by atoms with Crippen LogP contribution in [-0.4, -0.2) is 32.7 Å². The maximum atomic E-state index is 13.6. The molecule has 9 nitrogen and oxygen atoms in total. The van der Waals surface area contributed by atoms with E-state index in [0.29, 0.717) is 39.2 Å². The van der Waals surface area contributed by atoms with Crippen LogP contribution in [0, 0.1) is 0 Å². The fraction of sp³-hybridized carbons (Fsp3) is 0.333. The third kappa shape index (κ3) is 4.26. The summed E-state index contributed by atoms with van der Waals surface area (Å²) in [5.41, 5.74) is 2.47. The Labute approximate surface area is 198 Å². The van der Waals surface area contributed by atoms with Crippen LogP contribution in [0.4, 0.5) is 0 Å². The van der Waals surface area contributed by atoms with Crippen LogP contribution in [0.2, 0.25) is 0 Å². The largest absolute Gasteiger partial charge is 0.344 e. The number of primary sulfonamides is 1. The number of sulfonamides is 1. The molecule has 0 aliphatic rings. The molecule has 4 aromatic rings. The van der Waals surface area contributed by atoms with Crippen molar-refractivity contribution in [2.45, 2.75) is 52.0 Å². The van der Waals surface area contributed by atoms with E-state index >= 15 is 0 Å². The highest BCUT2D eigenvalue weighted by molar-refractivity contribution is 7.89. The molecule has 178 valence electrons. The minimum atomic E-state index is -3.80. The fourth-order valence-electron chi connectivity index (χ4n) is 3.94. The van der Waals surface area contributed by atoms with Gasteiger partial charge in [-0.05, 0) is 64.4 Å². The Morgan fingerprint density at radius 2 is 1.62 bits per heavy atom. The maximum Gasteiger partial charge on any atom is 0.215 e. The van der Waals surface area contributed by atoms with Crippen molar-refractivity contribution in [2.24, 2.45) is 5.14 Å². The van der Waals surface area contributed by atoms with Crippen molar-refractivity contribution < 1.29 is 8.42 Å². The van der Waals surface area contributed by atoms with Gasteiger partial charge in [-0.3, -0.25) is 4.79 Å². The number of benzene rings is 1. The molecule has 0 spiro atoms. The van der Waals surface area contributed by atoms with E-state index in [-0.39, 0.29) is 17.5 Å². The molecule has 3 aromatic heterocycles. The minimum Gasteiger partial charge on any atom is -0.344 e. The topological polar surface area (TPSA) is 126 Å². The molecule has 34 heavy (non-hydrogen) atoms. The van der Waals surface area contributed by atoms with Crippen LogP contribution in [0.1, 0.15) is 57.5 Å². The smallest absolute Gasteiger partial charge is 0.215 e. The second-order valence-corrected chi connectivity index (χ2v) is 10.8. The molecule has 1 unspecified atom stereocenters. The fourth-order valence-corrected chi connectivity index (χ4v) is 4.46. The summed E-state index contributed by atoms with van der Waals surface area (Å²) in [4.78, 5) is 18.4. The molecule has 10 heteroatoms. The highest BCUT2D eigenvalue weighted by Gasteiger charge is 2.21. The predicted octanol–water partition coefficient (Wildman–Crippen LogP) is 3.83. The van der Waals surface area contributed by atoms with Gasteiger partial charge < -0.3 is 9.13 Å². The summed E-state index contributed by atoms with van der Waals surface area (Å²) in [5.74, 6) is 0.617. The van der Waals surface area contributed by atoms with Crippen molar-refractivity contribution in [1.82, 2.24) is 24.3 Å². The van der Waals surface area contributed by atoms with Gasteiger partial charge in [-0.2, -0.15) is 0 Å². The second-order valence-electron chi connectivity index (χ2n) is 8.94. The number of hydrogen-bond acceptors (Lipinski definition) is 6. The predicted molar refractivity (Wildman–Crippen MR) is 133 cm³/mol. The summed E-state index contributed by atoms with van der Waals surface area (Å²) in [5, 5.41) is 13.1. The molecular weight excluding hydrogens is 452 g/mol. The van der Waals surface area contributed by atoms with E-state index in [4.69, 9.17) is 10.1 Å². The van der Waals surface area contributed by atoms with Gasteiger partial charge in [0.25, 0.3) is 0 Å². The minimum absolute atomic E-state index is 0.0515. The summed E-state index contributed by atoms with van der Waals surface area (Å²) >= 11 is 0. The van der Waals surface area contributed by atoms with Crippen LogP contribution < -0.4 is 10.6 Å². The SMILES string of the molecule is CC(C)n1cnnc1-c1cccc(-c2cn(C(C)C)c3ccc(C(C)S(N)(=O)=O)cc3c2=O)n1. The molecule has 0 saturated heterocycles. The molecule has 4 rings (SSSR count). The summed E-state index contributed by atoms with van der Waals surface area (Å²) in [6.45, 7) is 9.60. The number of nitrogens with zero attached hydrogens (tertiary/aromatic N) is 5. The molecule has 0 saturated carbocycles. The van der Waals surface area contributed by atoms with Gasteiger partial charge in [0.15, 0.2) is 11.3 Å². The summed E-state index contributed by atoms with van der Waals surface area (Å²) in [6, 6.07) is 10.7. The average Bonchev–Trinajstić information content (AvgIpc) is 3.28. The Morgan fingerprint density at radius 1 is 0.941 bits per heavy atom. The summed E-state index contributed by atoms with van der Waals surface area (Å²) in [7, 11) is -3.80. The van der Waals surface area contributed by atoms with Crippen molar-refractivity contribution in [3.05, 3.63) is 64.7 Å². The lowest BCUT2D eigenvalue weighted by molar-refractivity contribution is 0.588. The molecule has 1 aromatic carbocycles. The number of fused-ring (bicyclic) bond motifs is 1. The summed E-state index contributed by atoms with van der Waals surface area (Å²) in [6.07, 6.45) is 3.46. The molecule has 1 atom stereocenters. The lowest BCUT2D eigenvalue weighted by atomic mass is 10.0. The number of rotatable bonds is 6. The second kappa shape index (κ2) is 8.77. The van der Waals surface area contributed by atoms with E-state index in [0.717, 1.165) is 0 Å². The van der Waals surface area contributed by atoms with Gasteiger partial charge in [-0.1, -0.05) is 12.1 Å². The van der Waals surface area contributed by atoms with Gasteiger partial charge in [0, 0.05) is 23.7 Å². The Kier molecular flexibility index (Phi) is 6.13. The quantitative estimate of drug-likeness (QED) is 0.447. The molecular formula is C24H28N6O3S. The molecule has 0 radical (unpaired) electrons. The number of aromatic nitrogens is 5. The first-order chi connectivity index (χ1) is 16.0.